The van der Waals surface area contributed by atoms with E-state index < -0.39 is 47.8 Å². The second kappa shape index (κ2) is 6.50. The van der Waals surface area contributed by atoms with E-state index in [0.717, 1.165) is 11.8 Å². The maximum absolute atomic E-state index is 10.7. The summed E-state index contributed by atoms with van der Waals surface area (Å²) in [4.78, 5) is 21.1. The zero-order chi connectivity index (χ0) is 14.7. The van der Waals surface area contributed by atoms with Gasteiger partial charge < -0.3 is 30.6 Å². The molecule has 6 atom stereocenters. The zero-order valence-electron chi connectivity index (χ0n) is 9.58. The van der Waals surface area contributed by atoms with Crippen molar-refractivity contribution in [2.75, 3.05) is 5.75 Å². The Bertz CT molecular complexity index is 353. The van der Waals surface area contributed by atoms with Crippen molar-refractivity contribution in [1.29, 1.82) is 0 Å². The quantitative estimate of drug-likeness (QED) is 0.263. The molecular formula is C9H15NO8S. The smallest absolute Gasteiger partial charge is 0.335 e. The van der Waals surface area contributed by atoms with E-state index in [1.54, 1.807) is 0 Å². The highest BCUT2D eigenvalue weighted by atomic mass is 32.2. The van der Waals surface area contributed by atoms with E-state index in [2.05, 4.69) is 5.32 Å². The number of thioether (sulfide) groups is 1. The number of carboxylic acid groups (broad SMARTS) is 2. The molecule has 1 fully saturated rings. The number of aliphatic hydroxyl groups is 4. The van der Waals surface area contributed by atoms with Gasteiger partial charge in [-0.25, -0.2) is 4.79 Å². The molecule has 0 spiro atoms. The molecule has 0 aromatic rings. The average molecular weight is 297 g/mol. The summed E-state index contributed by atoms with van der Waals surface area (Å²) in [5.41, 5.74) is 0. The van der Waals surface area contributed by atoms with Crippen molar-refractivity contribution in [1.82, 2.24) is 5.32 Å². The van der Waals surface area contributed by atoms with Gasteiger partial charge in [0.15, 0.2) is 6.10 Å². The first kappa shape index (κ1) is 16.1. The summed E-state index contributed by atoms with van der Waals surface area (Å²) in [7, 11) is 0. The van der Waals surface area contributed by atoms with Crippen LogP contribution in [0.5, 0.6) is 0 Å². The van der Waals surface area contributed by atoms with Crippen LogP contribution in [0.25, 0.3) is 0 Å². The van der Waals surface area contributed by atoms with Crippen LogP contribution in [0, 0.1) is 0 Å². The molecule has 9 nitrogen and oxygen atoms in total. The molecule has 1 aliphatic rings. The fourth-order valence-electron chi connectivity index (χ4n) is 1.55. The molecule has 19 heavy (non-hydrogen) atoms. The summed E-state index contributed by atoms with van der Waals surface area (Å²) in [6.45, 7) is 0. The van der Waals surface area contributed by atoms with Gasteiger partial charge in [0.05, 0.1) is 5.37 Å². The molecule has 1 heterocycles. The summed E-state index contributed by atoms with van der Waals surface area (Å²) in [6.07, 6.45) is -7.88. The highest BCUT2D eigenvalue weighted by Crippen LogP contribution is 2.24. The maximum Gasteiger partial charge on any atom is 0.335 e. The Morgan fingerprint density at radius 1 is 1.11 bits per heavy atom. The van der Waals surface area contributed by atoms with E-state index in [1.807, 2.05) is 0 Å². The number of aliphatic hydroxyl groups excluding tert-OH is 4. The molecule has 0 bridgehead atoms. The molecule has 1 saturated heterocycles. The third-order valence-corrected chi connectivity index (χ3v) is 3.99. The van der Waals surface area contributed by atoms with Gasteiger partial charge in [-0.3, -0.25) is 10.1 Å². The standard InChI is InChI=1S/C9H15NO8S/c11-3(4(12)6(14)9(17)18)5(13)7-10-2(1-19-7)8(15)16/h2-7,10-14H,1H2,(H,15,16)(H,17,18). The lowest BCUT2D eigenvalue weighted by molar-refractivity contribution is -0.162. The Labute approximate surface area is 111 Å². The minimum atomic E-state index is -2.24. The molecule has 110 valence electrons. The zero-order valence-corrected chi connectivity index (χ0v) is 10.4. The predicted octanol–water partition coefficient (Wildman–Crippen LogP) is -3.37. The number of aliphatic carboxylic acids is 2. The number of rotatable bonds is 6. The predicted molar refractivity (Wildman–Crippen MR) is 62.5 cm³/mol. The first-order chi connectivity index (χ1) is 8.75. The fourth-order valence-corrected chi connectivity index (χ4v) is 2.81. The number of hydrogen-bond acceptors (Lipinski definition) is 8. The first-order valence-corrected chi connectivity index (χ1v) is 6.36. The SMILES string of the molecule is O=C(O)C1CSC(C(O)C(O)C(O)C(O)C(=O)O)N1. The molecule has 0 aromatic carbocycles. The van der Waals surface area contributed by atoms with Gasteiger partial charge >= 0.3 is 11.9 Å². The van der Waals surface area contributed by atoms with Crippen LogP contribution in [0.4, 0.5) is 0 Å². The van der Waals surface area contributed by atoms with Crippen LogP contribution in [0.15, 0.2) is 0 Å². The Hall–Kier alpha value is -0.910. The van der Waals surface area contributed by atoms with Gasteiger partial charge in [-0.05, 0) is 0 Å². The molecule has 0 amide bonds. The topological polar surface area (TPSA) is 168 Å². The van der Waals surface area contributed by atoms with E-state index >= 15 is 0 Å². The molecule has 1 aliphatic heterocycles. The maximum atomic E-state index is 10.7. The van der Waals surface area contributed by atoms with Crippen molar-refractivity contribution >= 4 is 23.7 Å². The van der Waals surface area contributed by atoms with Crippen LogP contribution < -0.4 is 5.32 Å². The van der Waals surface area contributed by atoms with E-state index in [1.165, 1.54) is 0 Å². The van der Waals surface area contributed by atoms with Gasteiger partial charge in [0, 0.05) is 5.75 Å². The van der Waals surface area contributed by atoms with Crippen LogP contribution in [0.1, 0.15) is 0 Å². The highest BCUT2D eigenvalue weighted by molar-refractivity contribution is 8.00. The number of nitrogens with one attached hydrogen (secondary N) is 1. The number of carboxylic acids is 2. The minimum Gasteiger partial charge on any atom is -0.480 e. The van der Waals surface area contributed by atoms with Crippen LogP contribution in [0.2, 0.25) is 0 Å². The molecule has 6 unspecified atom stereocenters. The monoisotopic (exact) mass is 297 g/mol. The third-order valence-electron chi connectivity index (χ3n) is 2.69. The molecule has 0 radical (unpaired) electrons. The van der Waals surface area contributed by atoms with Crippen LogP contribution in [0.3, 0.4) is 0 Å². The lowest BCUT2D eigenvalue weighted by atomic mass is 10.0. The Balaban J connectivity index is 2.60. The lowest BCUT2D eigenvalue weighted by Crippen LogP contribution is -2.53. The van der Waals surface area contributed by atoms with Crippen molar-refractivity contribution in [2.45, 2.75) is 35.8 Å². The normalized spacial score (nSPS) is 29.5. The second-order valence-corrected chi connectivity index (χ2v) is 5.24. The van der Waals surface area contributed by atoms with Gasteiger partial charge in [-0.2, -0.15) is 0 Å². The lowest BCUT2D eigenvalue weighted by Gasteiger charge is -2.28. The van der Waals surface area contributed by atoms with E-state index in [9.17, 15) is 24.9 Å². The van der Waals surface area contributed by atoms with E-state index in [-0.39, 0.29) is 5.75 Å². The number of carbonyl (C=O) groups is 2. The van der Waals surface area contributed by atoms with Gasteiger partial charge in [0.25, 0.3) is 0 Å². The second-order valence-electron chi connectivity index (χ2n) is 4.07. The average Bonchev–Trinajstić information content (AvgIpc) is 2.84. The molecular weight excluding hydrogens is 282 g/mol. The molecule has 1 rings (SSSR count). The minimum absolute atomic E-state index is 0.154. The fraction of sp³-hybridized carbons (Fsp3) is 0.778. The van der Waals surface area contributed by atoms with Crippen LogP contribution >= 0.6 is 11.8 Å². The van der Waals surface area contributed by atoms with Crippen LogP contribution in [-0.4, -0.2) is 84.2 Å². The summed E-state index contributed by atoms with van der Waals surface area (Å²) in [5, 5.41) is 56.5. The van der Waals surface area contributed by atoms with Gasteiger partial charge in [-0.15, -0.1) is 11.8 Å². The van der Waals surface area contributed by atoms with Gasteiger partial charge in [0.1, 0.15) is 24.4 Å². The summed E-state index contributed by atoms with van der Waals surface area (Å²) in [6, 6.07) is -0.904. The van der Waals surface area contributed by atoms with E-state index in [4.69, 9.17) is 15.3 Å². The van der Waals surface area contributed by atoms with Gasteiger partial charge in [0.2, 0.25) is 0 Å². The van der Waals surface area contributed by atoms with E-state index in [0.29, 0.717) is 0 Å². The Morgan fingerprint density at radius 2 is 1.68 bits per heavy atom. The summed E-state index contributed by atoms with van der Waals surface area (Å²) < 4.78 is 0. The van der Waals surface area contributed by atoms with Crippen molar-refractivity contribution in [3.8, 4) is 0 Å². The van der Waals surface area contributed by atoms with Crippen LogP contribution in [-0.2, 0) is 9.59 Å². The van der Waals surface area contributed by atoms with Crippen molar-refractivity contribution < 1.29 is 40.2 Å². The molecule has 0 aromatic heterocycles. The number of hydrogen-bond donors (Lipinski definition) is 7. The third kappa shape index (κ3) is 3.78. The highest BCUT2D eigenvalue weighted by Gasteiger charge is 2.41. The first-order valence-electron chi connectivity index (χ1n) is 5.31. The van der Waals surface area contributed by atoms with Crippen molar-refractivity contribution in [3.05, 3.63) is 0 Å². The summed E-state index contributed by atoms with van der Waals surface area (Å²) >= 11 is 1.01. The Kier molecular flexibility index (Phi) is 5.52. The molecule has 0 aliphatic carbocycles. The molecule has 7 N–H and O–H groups in total. The summed E-state index contributed by atoms with van der Waals surface area (Å²) in [5.74, 6) is -2.71. The molecule has 10 heteroatoms. The largest absolute Gasteiger partial charge is 0.480 e. The van der Waals surface area contributed by atoms with Crippen molar-refractivity contribution in [2.24, 2.45) is 0 Å². The molecule has 0 saturated carbocycles. The van der Waals surface area contributed by atoms with Gasteiger partial charge in [-0.1, -0.05) is 0 Å². The Morgan fingerprint density at radius 3 is 2.11 bits per heavy atom. The van der Waals surface area contributed by atoms with Crippen molar-refractivity contribution in [3.63, 3.8) is 0 Å².